The van der Waals surface area contributed by atoms with Crippen molar-refractivity contribution in [1.29, 1.82) is 0 Å². The minimum atomic E-state index is -4.76. The fourth-order valence-electron chi connectivity index (χ4n) is 2.07. The molecule has 0 N–H and O–H groups in total. The average molecular weight is 437 g/mol. The van der Waals surface area contributed by atoms with Crippen molar-refractivity contribution in [3.63, 3.8) is 0 Å². The standard InChI is InChI=1S/C15H7BrF6N4/c16-10-6-23-26(7-10)13-24-11(5-12(25-13)15(20,21)22)8-1-3-9(4-2-8)14(17,18)19/h1-7H. The van der Waals surface area contributed by atoms with Crippen LogP contribution in [0.5, 0.6) is 0 Å². The minimum Gasteiger partial charge on any atom is -0.211 e. The SMILES string of the molecule is FC(F)(F)c1ccc(-c2cc(C(F)(F)F)nc(-n3cc(Br)cn3)n2)cc1. The van der Waals surface area contributed by atoms with Crippen LogP contribution in [-0.4, -0.2) is 19.7 Å². The third-order valence-electron chi connectivity index (χ3n) is 3.27. The van der Waals surface area contributed by atoms with E-state index in [1.165, 1.54) is 12.4 Å². The second-order valence-corrected chi connectivity index (χ2v) is 6.03. The molecule has 136 valence electrons. The Morgan fingerprint density at radius 3 is 2.04 bits per heavy atom. The summed E-state index contributed by atoms with van der Waals surface area (Å²) in [4.78, 5) is 7.41. The summed E-state index contributed by atoms with van der Waals surface area (Å²) >= 11 is 3.11. The molecule has 0 bridgehead atoms. The molecule has 0 atom stereocenters. The third-order valence-corrected chi connectivity index (χ3v) is 3.68. The van der Waals surface area contributed by atoms with Gasteiger partial charge in [0.25, 0.3) is 5.95 Å². The van der Waals surface area contributed by atoms with Gasteiger partial charge in [-0.1, -0.05) is 12.1 Å². The molecule has 2 heterocycles. The molecule has 0 aliphatic heterocycles. The summed E-state index contributed by atoms with van der Waals surface area (Å²) in [5.41, 5.74) is -2.24. The number of nitrogens with zero attached hydrogens (tertiary/aromatic N) is 4. The zero-order valence-corrected chi connectivity index (χ0v) is 14.1. The molecule has 3 aromatic rings. The van der Waals surface area contributed by atoms with Crippen LogP contribution in [0, 0.1) is 0 Å². The highest BCUT2D eigenvalue weighted by Gasteiger charge is 2.34. The molecule has 4 nitrogen and oxygen atoms in total. The Morgan fingerprint density at radius 2 is 1.54 bits per heavy atom. The van der Waals surface area contributed by atoms with Crippen molar-refractivity contribution in [3.05, 3.63) is 58.5 Å². The van der Waals surface area contributed by atoms with Crippen molar-refractivity contribution in [2.24, 2.45) is 0 Å². The molecule has 26 heavy (non-hydrogen) atoms. The van der Waals surface area contributed by atoms with E-state index in [-0.39, 0.29) is 17.2 Å². The first kappa shape index (κ1) is 18.4. The predicted molar refractivity (Wildman–Crippen MR) is 82.3 cm³/mol. The number of hydrogen-bond acceptors (Lipinski definition) is 3. The highest BCUT2D eigenvalue weighted by Crippen LogP contribution is 2.33. The molecule has 0 spiro atoms. The molecule has 0 unspecified atom stereocenters. The molecule has 2 aromatic heterocycles. The van der Waals surface area contributed by atoms with Gasteiger partial charge in [-0.25, -0.2) is 14.6 Å². The Labute approximate surface area is 150 Å². The second kappa shape index (κ2) is 6.38. The molecule has 0 radical (unpaired) electrons. The number of alkyl halides is 6. The van der Waals surface area contributed by atoms with Gasteiger partial charge >= 0.3 is 12.4 Å². The highest BCUT2D eigenvalue weighted by atomic mass is 79.9. The van der Waals surface area contributed by atoms with E-state index in [9.17, 15) is 26.3 Å². The van der Waals surface area contributed by atoms with E-state index in [1.54, 1.807) is 0 Å². The van der Waals surface area contributed by atoms with Crippen LogP contribution in [0.2, 0.25) is 0 Å². The fourth-order valence-corrected chi connectivity index (χ4v) is 2.36. The van der Waals surface area contributed by atoms with Crippen molar-refractivity contribution < 1.29 is 26.3 Å². The number of rotatable bonds is 2. The minimum absolute atomic E-state index is 0.0818. The molecular weight excluding hydrogens is 430 g/mol. The summed E-state index contributed by atoms with van der Waals surface area (Å²) < 4.78 is 78.8. The molecule has 3 rings (SSSR count). The van der Waals surface area contributed by atoms with E-state index in [0.29, 0.717) is 10.5 Å². The first-order chi connectivity index (χ1) is 12.0. The zero-order valence-electron chi connectivity index (χ0n) is 12.5. The molecule has 0 amide bonds. The Balaban J connectivity index is 2.11. The number of aromatic nitrogens is 4. The van der Waals surface area contributed by atoms with Gasteiger partial charge in [-0.2, -0.15) is 31.4 Å². The van der Waals surface area contributed by atoms with E-state index >= 15 is 0 Å². The molecule has 0 saturated heterocycles. The van der Waals surface area contributed by atoms with Crippen LogP contribution < -0.4 is 0 Å². The quantitative estimate of drug-likeness (QED) is 0.523. The van der Waals surface area contributed by atoms with Gasteiger partial charge in [0.2, 0.25) is 0 Å². The Bertz CT molecular complexity index is 931. The van der Waals surface area contributed by atoms with Gasteiger partial charge in [-0.15, -0.1) is 0 Å². The van der Waals surface area contributed by atoms with Crippen LogP contribution in [0.15, 0.2) is 47.2 Å². The average Bonchev–Trinajstić information content (AvgIpc) is 2.99. The van der Waals surface area contributed by atoms with Gasteiger partial charge in [-0.3, -0.25) is 0 Å². The first-order valence-electron chi connectivity index (χ1n) is 6.88. The topological polar surface area (TPSA) is 43.6 Å². The summed E-state index contributed by atoms with van der Waals surface area (Å²) in [5.74, 6) is -0.361. The number of hydrogen-bond donors (Lipinski definition) is 0. The van der Waals surface area contributed by atoms with Crippen molar-refractivity contribution in [3.8, 4) is 17.2 Å². The lowest BCUT2D eigenvalue weighted by atomic mass is 10.1. The first-order valence-corrected chi connectivity index (χ1v) is 7.68. The van der Waals surface area contributed by atoms with Crippen molar-refractivity contribution in [2.45, 2.75) is 12.4 Å². The molecule has 0 fully saturated rings. The van der Waals surface area contributed by atoms with Crippen molar-refractivity contribution >= 4 is 15.9 Å². The summed E-state index contributed by atoms with van der Waals surface area (Å²) in [6.07, 6.45) is -6.62. The van der Waals surface area contributed by atoms with Gasteiger partial charge < -0.3 is 0 Å². The van der Waals surface area contributed by atoms with Gasteiger partial charge in [0.05, 0.1) is 21.9 Å². The van der Waals surface area contributed by atoms with Crippen molar-refractivity contribution in [1.82, 2.24) is 19.7 Å². The van der Waals surface area contributed by atoms with E-state index < -0.39 is 23.6 Å². The van der Waals surface area contributed by atoms with Crippen LogP contribution in [0.1, 0.15) is 11.3 Å². The van der Waals surface area contributed by atoms with E-state index in [2.05, 4.69) is 31.0 Å². The maximum absolute atomic E-state index is 13.1. The van der Waals surface area contributed by atoms with Crippen LogP contribution in [-0.2, 0) is 12.4 Å². The summed E-state index contributed by atoms with van der Waals surface area (Å²) in [6, 6.07) is 4.32. The van der Waals surface area contributed by atoms with E-state index in [0.717, 1.165) is 28.9 Å². The van der Waals surface area contributed by atoms with E-state index in [1.807, 2.05) is 0 Å². The number of benzene rings is 1. The monoisotopic (exact) mass is 436 g/mol. The number of halogens is 7. The fraction of sp³-hybridized carbons (Fsp3) is 0.133. The zero-order chi connectivity index (χ0) is 19.1. The lowest BCUT2D eigenvalue weighted by molar-refractivity contribution is -0.141. The van der Waals surface area contributed by atoms with E-state index in [4.69, 9.17) is 0 Å². The molecule has 0 aliphatic carbocycles. The molecule has 11 heteroatoms. The third kappa shape index (κ3) is 3.87. The predicted octanol–water partition coefficient (Wildman–Crippen LogP) is 5.13. The molecule has 0 saturated carbocycles. The van der Waals surface area contributed by atoms with Crippen LogP contribution in [0.4, 0.5) is 26.3 Å². The van der Waals surface area contributed by atoms with Crippen LogP contribution >= 0.6 is 15.9 Å². The van der Waals surface area contributed by atoms with Gasteiger partial charge in [0.15, 0.2) is 5.69 Å². The molecular formula is C15H7BrF6N4. The van der Waals surface area contributed by atoms with Gasteiger partial charge in [-0.05, 0) is 34.1 Å². The smallest absolute Gasteiger partial charge is 0.211 e. The normalized spacial score (nSPS) is 12.4. The van der Waals surface area contributed by atoms with Crippen LogP contribution in [0.25, 0.3) is 17.2 Å². The largest absolute Gasteiger partial charge is 0.433 e. The maximum atomic E-state index is 13.1. The lowest BCUT2D eigenvalue weighted by Gasteiger charge is -2.11. The Hall–Kier alpha value is -2.43. The molecule has 0 aliphatic rings. The van der Waals surface area contributed by atoms with Gasteiger partial charge in [0, 0.05) is 11.8 Å². The van der Waals surface area contributed by atoms with Crippen LogP contribution in [0.3, 0.4) is 0 Å². The molecule has 1 aromatic carbocycles. The Kier molecular flexibility index (Phi) is 4.51. The second-order valence-electron chi connectivity index (χ2n) is 5.11. The summed E-state index contributed by atoms with van der Waals surface area (Å²) in [5, 5.41) is 3.82. The van der Waals surface area contributed by atoms with Crippen molar-refractivity contribution in [2.75, 3.05) is 0 Å². The maximum Gasteiger partial charge on any atom is 0.433 e. The summed E-state index contributed by atoms with van der Waals surface area (Å²) in [6.45, 7) is 0. The highest BCUT2D eigenvalue weighted by molar-refractivity contribution is 9.10. The summed E-state index contributed by atoms with van der Waals surface area (Å²) in [7, 11) is 0. The van der Waals surface area contributed by atoms with Gasteiger partial charge in [0.1, 0.15) is 0 Å². The lowest BCUT2D eigenvalue weighted by Crippen LogP contribution is -2.13. The Morgan fingerprint density at radius 1 is 0.885 bits per heavy atom.